The van der Waals surface area contributed by atoms with Crippen LogP contribution in [0.2, 0.25) is 0 Å². The van der Waals surface area contributed by atoms with Gasteiger partial charge in [0.15, 0.2) is 5.76 Å². The lowest BCUT2D eigenvalue weighted by Crippen LogP contribution is -2.26. The summed E-state index contributed by atoms with van der Waals surface area (Å²) >= 11 is 8.94. The van der Waals surface area contributed by atoms with Crippen molar-refractivity contribution in [2.45, 2.75) is 19.8 Å². The van der Waals surface area contributed by atoms with Crippen LogP contribution in [-0.4, -0.2) is 33.3 Å². The number of rotatable bonds is 7. The van der Waals surface area contributed by atoms with E-state index in [2.05, 4.69) is 43.4 Å². The fraction of sp³-hybridized carbons (Fsp3) is 0.172. The highest BCUT2D eigenvalue weighted by Crippen LogP contribution is 2.29. The van der Waals surface area contributed by atoms with Gasteiger partial charge in [0.05, 0.1) is 23.4 Å². The van der Waals surface area contributed by atoms with E-state index in [1.54, 1.807) is 55.6 Å². The lowest BCUT2D eigenvalue weighted by molar-refractivity contribution is -0.112. The molecule has 4 rings (SSSR count). The number of hydrogen-bond acceptors (Lipinski definition) is 6. The van der Waals surface area contributed by atoms with Gasteiger partial charge in [-0.15, -0.1) is 0 Å². The second-order valence-electron chi connectivity index (χ2n) is 8.48. The quantitative estimate of drug-likeness (QED) is 0.139. The average molecular weight is 590 g/mol. The summed E-state index contributed by atoms with van der Waals surface area (Å²) in [6, 6.07) is 14.0. The Morgan fingerprint density at radius 3 is 2.74 bits per heavy atom. The number of nitrogens with zero attached hydrogens (tertiary/aromatic N) is 1. The number of alkyl halides is 1. The summed E-state index contributed by atoms with van der Waals surface area (Å²) < 4.78 is 5.24. The van der Waals surface area contributed by atoms with Crippen molar-refractivity contribution in [2.75, 3.05) is 16.0 Å². The van der Waals surface area contributed by atoms with Crippen LogP contribution in [0.15, 0.2) is 76.0 Å². The minimum Gasteiger partial charge on any atom is -0.505 e. The van der Waals surface area contributed by atoms with Gasteiger partial charge in [0, 0.05) is 39.4 Å². The molecule has 1 aliphatic heterocycles. The summed E-state index contributed by atoms with van der Waals surface area (Å²) in [5.41, 5.74) is 3.24. The van der Waals surface area contributed by atoms with Gasteiger partial charge in [-0.3, -0.25) is 14.6 Å². The SMILES string of the molecule is Cc1ccoc1C(=O)Nc1cccc(C#C[C@H]2C=NC=C(C(=O)Nc3cccc(CCCBr)c3O)C2=S)c1. The van der Waals surface area contributed by atoms with E-state index in [4.69, 9.17) is 16.6 Å². The van der Waals surface area contributed by atoms with E-state index in [9.17, 15) is 14.7 Å². The molecular weight excluding hydrogens is 566 g/mol. The molecule has 3 N–H and O–H groups in total. The van der Waals surface area contributed by atoms with Crippen molar-refractivity contribution in [1.82, 2.24) is 0 Å². The molecule has 1 aromatic heterocycles. The molecule has 0 saturated carbocycles. The second-order valence-corrected chi connectivity index (χ2v) is 9.71. The molecule has 1 atom stereocenters. The number of para-hydroxylation sites is 1. The van der Waals surface area contributed by atoms with E-state index in [1.807, 2.05) is 6.07 Å². The third-order valence-electron chi connectivity index (χ3n) is 5.74. The summed E-state index contributed by atoms with van der Waals surface area (Å²) in [6.45, 7) is 1.80. The Balaban J connectivity index is 1.44. The van der Waals surface area contributed by atoms with Crippen molar-refractivity contribution in [1.29, 1.82) is 0 Å². The molecule has 0 spiro atoms. The maximum Gasteiger partial charge on any atom is 0.291 e. The zero-order chi connectivity index (χ0) is 27.1. The number of benzene rings is 2. The first-order valence-electron chi connectivity index (χ1n) is 11.8. The van der Waals surface area contributed by atoms with Crippen LogP contribution in [0.1, 0.15) is 33.7 Å². The van der Waals surface area contributed by atoms with Gasteiger partial charge in [-0.1, -0.05) is 58.2 Å². The minimum atomic E-state index is -0.557. The topological polar surface area (TPSA) is 104 Å². The molecule has 0 bridgehead atoms. The van der Waals surface area contributed by atoms with Crippen molar-refractivity contribution >= 4 is 62.4 Å². The van der Waals surface area contributed by atoms with Crippen molar-refractivity contribution in [3.63, 3.8) is 0 Å². The number of halogens is 1. The monoisotopic (exact) mass is 589 g/mol. The number of aromatic hydroxyl groups is 1. The van der Waals surface area contributed by atoms with E-state index in [1.165, 1.54) is 12.5 Å². The average Bonchev–Trinajstić information content (AvgIpc) is 3.34. The summed E-state index contributed by atoms with van der Waals surface area (Å²) in [7, 11) is 0. The lowest BCUT2D eigenvalue weighted by atomic mass is 9.97. The molecule has 3 aromatic rings. The predicted octanol–water partition coefficient (Wildman–Crippen LogP) is 5.82. The Morgan fingerprint density at radius 2 is 1.97 bits per heavy atom. The molecule has 2 aromatic carbocycles. The van der Waals surface area contributed by atoms with E-state index >= 15 is 0 Å². The third kappa shape index (κ3) is 6.46. The number of furan rings is 1. The van der Waals surface area contributed by atoms with Gasteiger partial charge in [0.25, 0.3) is 11.8 Å². The number of nitrogens with one attached hydrogen (secondary N) is 2. The van der Waals surface area contributed by atoms with Gasteiger partial charge in [-0.25, -0.2) is 0 Å². The molecule has 1 aliphatic rings. The molecule has 0 unspecified atom stereocenters. The molecule has 0 radical (unpaired) electrons. The first kappa shape index (κ1) is 27.0. The number of hydrogen-bond donors (Lipinski definition) is 3. The second kappa shape index (κ2) is 12.5. The van der Waals surface area contributed by atoms with Crippen LogP contribution in [0, 0.1) is 24.7 Å². The van der Waals surface area contributed by atoms with Gasteiger partial charge in [0.2, 0.25) is 0 Å². The van der Waals surface area contributed by atoms with Crippen molar-refractivity contribution < 1.29 is 19.1 Å². The standard InChI is InChI=1S/C29H24BrN3O4S/c1-18-12-14-37-26(18)29(36)32-22-8-2-5-19(15-22)10-11-21-16-31-17-23(27(21)38)28(35)33-24-9-3-6-20(25(24)34)7-4-13-30/h2-3,5-6,8-9,12,14-17,21,34H,4,7,13H2,1H3,(H,32,36)(H,33,35)/t21-/m0/s1. The van der Waals surface area contributed by atoms with E-state index in [0.717, 1.165) is 22.9 Å². The van der Waals surface area contributed by atoms with Crippen molar-refractivity contribution in [3.8, 4) is 17.6 Å². The number of amides is 2. The van der Waals surface area contributed by atoms with Crippen LogP contribution in [0.25, 0.3) is 0 Å². The number of carbonyl (C=O) groups excluding carboxylic acids is 2. The van der Waals surface area contributed by atoms with Gasteiger partial charge in [-0.2, -0.15) is 0 Å². The third-order valence-corrected chi connectivity index (χ3v) is 6.77. The fourth-order valence-corrected chi connectivity index (χ4v) is 4.29. The van der Waals surface area contributed by atoms with E-state index in [-0.39, 0.29) is 23.0 Å². The number of phenols is 1. The van der Waals surface area contributed by atoms with E-state index < -0.39 is 11.8 Å². The number of thiocarbonyl (C=S) groups is 1. The molecule has 2 heterocycles. The molecule has 38 heavy (non-hydrogen) atoms. The summed E-state index contributed by atoms with van der Waals surface area (Å²) in [4.78, 5) is 29.9. The normalized spacial score (nSPS) is 14.3. The Kier molecular flexibility index (Phi) is 8.89. The fourth-order valence-electron chi connectivity index (χ4n) is 3.75. The van der Waals surface area contributed by atoms with Crippen molar-refractivity contribution in [2.24, 2.45) is 10.9 Å². The smallest absolute Gasteiger partial charge is 0.291 e. The first-order chi connectivity index (χ1) is 18.4. The molecule has 0 aliphatic carbocycles. The zero-order valence-electron chi connectivity index (χ0n) is 20.5. The summed E-state index contributed by atoms with van der Waals surface area (Å²) in [5.74, 6) is 5.01. The highest BCUT2D eigenvalue weighted by Gasteiger charge is 2.24. The number of anilines is 2. The van der Waals surface area contributed by atoms with Crippen molar-refractivity contribution in [3.05, 3.63) is 89.0 Å². The number of aryl methyl sites for hydroxylation is 2. The highest BCUT2D eigenvalue weighted by molar-refractivity contribution is 9.09. The number of phenolic OH excluding ortho intramolecular Hbond substituents is 1. The molecule has 192 valence electrons. The van der Waals surface area contributed by atoms with Gasteiger partial charge >= 0.3 is 0 Å². The molecular formula is C29H24BrN3O4S. The molecule has 0 fully saturated rings. The minimum absolute atomic E-state index is 0.0400. The van der Waals surface area contributed by atoms with Crippen LogP contribution in [0.5, 0.6) is 5.75 Å². The van der Waals surface area contributed by atoms with E-state index in [0.29, 0.717) is 28.2 Å². The Morgan fingerprint density at radius 1 is 1.16 bits per heavy atom. The van der Waals surface area contributed by atoms with Crippen LogP contribution < -0.4 is 10.6 Å². The van der Waals surface area contributed by atoms with Gasteiger partial charge in [0.1, 0.15) is 5.75 Å². The predicted molar refractivity (Wildman–Crippen MR) is 156 cm³/mol. The van der Waals surface area contributed by atoms with Crippen LogP contribution in [0.4, 0.5) is 11.4 Å². The molecule has 9 heteroatoms. The Bertz CT molecular complexity index is 1510. The maximum absolute atomic E-state index is 13.0. The first-order valence-corrected chi connectivity index (χ1v) is 13.3. The summed E-state index contributed by atoms with van der Waals surface area (Å²) in [5, 5.41) is 16.9. The Labute approximate surface area is 234 Å². The Hall–Kier alpha value is -4.00. The zero-order valence-corrected chi connectivity index (χ0v) is 22.9. The lowest BCUT2D eigenvalue weighted by Gasteiger charge is -2.16. The summed E-state index contributed by atoms with van der Waals surface area (Å²) in [6.07, 6.45) is 5.98. The number of aliphatic imine (C=N–C) groups is 1. The molecule has 0 saturated heterocycles. The largest absolute Gasteiger partial charge is 0.505 e. The van der Waals surface area contributed by atoms with Crippen LogP contribution >= 0.6 is 28.1 Å². The van der Waals surface area contributed by atoms with Gasteiger partial charge in [-0.05, 0) is 55.7 Å². The maximum atomic E-state index is 13.0. The molecule has 2 amide bonds. The molecule has 7 nitrogen and oxygen atoms in total. The highest BCUT2D eigenvalue weighted by atomic mass is 79.9. The van der Waals surface area contributed by atoms with Gasteiger partial charge < -0.3 is 20.2 Å². The number of carbonyl (C=O) groups is 2. The van der Waals surface area contributed by atoms with Crippen LogP contribution in [-0.2, 0) is 11.2 Å². The van der Waals surface area contributed by atoms with Crippen LogP contribution in [0.3, 0.4) is 0 Å².